The molecule has 0 aliphatic rings. The molecule has 5 N–H and O–H groups in total. The van der Waals surface area contributed by atoms with Gasteiger partial charge in [0.1, 0.15) is 0 Å². The van der Waals surface area contributed by atoms with E-state index in [0.29, 0.717) is 6.54 Å². The molecule has 0 amide bonds. The summed E-state index contributed by atoms with van der Waals surface area (Å²) in [5.41, 5.74) is 0. The Hall–Kier alpha value is 0.260. The van der Waals surface area contributed by atoms with Crippen LogP contribution < -0.4 is 5.32 Å². The van der Waals surface area contributed by atoms with Gasteiger partial charge in [-0.05, 0) is 13.0 Å². The van der Waals surface area contributed by atoms with Crippen LogP contribution in [0.25, 0.3) is 0 Å². The molecule has 0 spiro atoms. The van der Waals surface area contributed by atoms with Crippen LogP contribution in [0.2, 0.25) is 0 Å². The molecule has 0 radical (unpaired) electrons. The van der Waals surface area contributed by atoms with Gasteiger partial charge in [0.25, 0.3) is 0 Å². The van der Waals surface area contributed by atoms with E-state index in [1.165, 1.54) is 70.6 Å². The lowest BCUT2D eigenvalue weighted by atomic mass is 10.0. The summed E-state index contributed by atoms with van der Waals surface area (Å²) >= 11 is 0. The van der Waals surface area contributed by atoms with Crippen LogP contribution >= 0.6 is 15.2 Å². The number of unbranched alkanes of at least 4 members (excludes halogenated alkanes) is 13. The third-order valence-corrected chi connectivity index (χ3v) is 8.53. The SMILES string of the molecule is CCCCCCCCCCCCCCCCNCC(P(=O)(O)O)P(=O)(O)O. The molecule has 0 atom stereocenters. The summed E-state index contributed by atoms with van der Waals surface area (Å²) in [4.78, 5) is 36.1. The lowest BCUT2D eigenvalue weighted by molar-refractivity contribution is 0.336. The minimum atomic E-state index is -4.81. The molecule has 0 bridgehead atoms. The summed E-state index contributed by atoms with van der Waals surface area (Å²) in [6, 6.07) is 0. The molecule has 0 aromatic heterocycles. The van der Waals surface area contributed by atoms with Gasteiger partial charge in [0.2, 0.25) is 0 Å². The largest absolute Gasteiger partial charge is 0.342 e. The van der Waals surface area contributed by atoms with Gasteiger partial charge in [-0.15, -0.1) is 0 Å². The fourth-order valence-electron chi connectivity index (χ4n) is 3.11. The van der Waals surface area contributed by atoms with E-state index in [9.17, 15) is 9.13 Å². The molecule has 27 heavy (non-hydrogen) atoms. The second-order valence-electron chi connectivity index (χ2n) is 7.46. The van der Waals surface area contributed by atoms with E-state index in [0.717, 1.165) is 19.3 Å². The van der Waals surface area contributed by atoms with Crippen molar-refractivity contribution in [2.24, 2.45) is 0 Å². The van der Waals surface area contributed by atoms with Crippen molar-refractivity contribution >= 4 is 15.2 Å². The van der Waals surface area contributed by atoms with Gasteiger partial charge in [-0.25, -0.2) is 0 Å². The Morgan fingerprint density at radius 1 is 0.630 bits per heavy atom. The zero-order valence-electron chi connectivity index (χ0n) is 16.9. The maximum Gasteiger partial charge on any atom is 0.342 e. The fraction of sp³-hybridized carbons (Fsp3) is 1.00. The Bertz CT molecular complexity index is 416. The highest BCUT2D eigenvalue weighted by atomic mass is 31.2. The fourth-order valence-corrected chi connectivity index (χ4v) is 5.41. The monoisotopic (exact) mass is 429 g/mol. The van der Waals surface area contributed by atoms with Crippen molar-refractivity contribution < 1.29 is 28.7 Å². The molecule has 0 aromatic carbocycles. The Kier molecular flexibility index (Phi) is 16.3. The molecule has 0 aliphatic heterocycles. The minimum Gasteiger partial charge on any atom is -0.324 e. The number of hydrogen-bond acceptors (Lipinski definition) is 3. The molecule has 164 valence electrons. The van der Waals surface area contributed by atoms with Gasteiger partial charge in [-0.2, -0.15) is 0 Å². The average Bonchev–Trinajstić information content (AvgIpc) is 2.55. The second-order valence-corrected chi connectivity index (χ2v) is 11.5. The molecule has 0 unspecified atom stereocenters. The van der Waals surface area contributed by atoms with Crippen LogP contribution in [0.3, 0.4) is 0 Å². The van der Waals surface area contributed by atoms with Gasteiger partial charge in [0.05, 0.1) is 0 Å². The first-order chi connectivity index (χ1) is 12.7. The van der Waals surface area contributed by atoms with Crippen molar-refractivity contribution in [1.82, 2.24) is 5.32 Å². The molecule has 0 aromatic rings. The van der Waals surface area contributed by atoms with Crippen molar-refractivity contribution in [3.05, 3.63) is 0 Å². The molecular weight excluding hydrogens is 388 g/mol. The standard InChI is InChI=1S/C18H41NO6P2/c1-2-3-4-5-6-7-8-9-10-11-12-13-14-15-16-19-17-18(26(20,21)22)27(23,24)25/h18-19H,2-17H2,1H3,(H2,20,21,22)(H2,23,24,25). The first-order valence-corrected chi connectivity index (χ1v) is 13.9. The zero-order valence-corrected chi connectivity index (χ0v) is 18.7. The van der Waals surface area contributed by atoms with Crippen LogP contribution in [0.4, 0.5) is 0 Å². The van der Waals surface area contributed by atoms with Crippen molar-refractivity contribution in [1.29, 1.82) is 0 Å². The van der Waals surface area contributed by atoms with E-state index < -0.39 is 20.6 Å². The van der Waals surface area contributed by atoms with E-state index in [-0.39, 0.29) is 6.54 Å². The van der Waals surface area contributed by atoms with Crippen molar-refractivity contribution in [2.45, 2.75) is 102 Å². The molecule has 0 saturated carbocycles. The van der Waals surface area contributed by atoms with Gasteiger partial charge in [-0.1, -0.05) is 90.4 Å². The van der Waals surface area contributed by atoms with E-state index in [4.69, 9.17) is 19.6 Å². The van der Waals surface area contributed by atoms with E-state index in [2.05, 4.69) is 12.2 Å². The Balaban J connectivity index is 3.43. The smallest absolute Gasteiger partial charge is 0.324 e. The summed E-state index contributed by atoms with van der Waals surface area (Å²) in [6.07, 6.45) is 17.5. The Morgan fingerprint density at radius 2 is 0.963 bits per heavy atom. The summed E-state index contributed by atoms with van der Waals surface area (Å²) in [5.74, 6) is 0. The third-order valence-electron chi connectivity index (χ3n) is 4.81. The van der Waals surface area contributed by atoms with Crippen LogP contribution in [0, 0.1) is 0 Å². The maximum atomic E-state index is 11.1. The molecule has 0 heterocycles. The summed E-state index contributed by atoms with van der Waals surface area (Å²) < 4.78 is 22.3. The normalized spacial score (nSPS) is 12.8. The molecule has 0 saturated heterocycles. The van der Waals surface area contributed by atoms with Crippen LogP contribution in [0.1, 0.15) is 96.8 Å². The third kappa shape index (κ3) is 16.9. The first-order valence-electron chi connectivity index (χ1n) is 10.5. The maximum absolute atomic E-state index is 11.1. The summed E-state index contributed by atoms with van der Waals surface area (Å²) in [5, 5.41) is 0.810. The van der Waals surface area contributed by atoms with Crippen LogP contribution in [-0.4, -0.2) is 38.1 Å². The van der Waals surface area contributed by atoms with Gasteiger partial charge in [0.15, 0.2) is 5.40 Å². The Morgan fingerprint density at radius 3 is 1.30 bits per heavy atom. The van der Waals surface area contributed by atoms with E-state index in [1.807, 2.05) is 0 Å². The van der Waals surface area contributed by atoms with Crippen molar-refractivity contribution in [3.8, 4) is 0 Å². The highest BCUT2D eigenvalue weighted by Crippen LogP contribution is 2.59. The highest BCUT2D eigenvalue weighted by molar-refractivity contribution is 7.70. The van der Waals surface area contributed by atoms with E-state index >= 15 is 0 Å². The molecule has 9 heteroatoms. The summed E-state index contributed by atoms with van der Waals surface area (Å²) in [6.45, 7) is 2.38. The molecule has 7 nitrogen and oxygen atoms in total. The quantitative estimate of drug-likeness (QED) is 0.148. The van der Waals surface area contributed by atoms with Gasteiger partial charge < -0.3 is 24.9 Å². The number of hydrogen-bond donors (Lipinski definition) is 5. The molecule has 0 aliphatic carbocycles. The predicted octanol–water partition coefficient (Wildman–Crippen LogP) is 4.74. The first kappa shape index (κ1) is 27.3. The van der Waals surface area contributed by atoms with Gasteiger partial charge in [-0.3, -0.25) is 9.13 Å². The van der Waals surface area contributed by atoms with Crippen LogP contribution in [0.15, 0.2) is 0 Å². The van der Waals surface area contributed by atoms with E-state index in [1.54, 1.807) is 0 Å². The molecule has 0 rings (SSSR count). The number of rotatable bonds is 19. The summed E-state index contributed by atoms with van der Waals surface area (Å²) in [7, 11) is -9.63. The Labute approximate surface area is 165 Å². The van der Waals surface area contributed by atoms with Crippen molar-refractivity contribution in [2.75, 3.05) is 13.1 Å². The molecular formula is C18H41NO6P2. The minimum absolute atomic E-state index is 0.368. The average molecular weight is 429 g/mol. The predicted molar refractivity (Wildman–Crippen MR) is 111 cm³/mol. The van der Waals surface area contributed by atoms with Crippen LogP contribution in [-0.2, 0) is 9.13 Å². The highest BCUT2D eigenvalue weighted by Gasteiger charge is 2.42. The lowest BCUT2D eigenvalue weighted by Crippen LogP contribution is -2.27. The second kappa shape index (κ2) is 16.1. The lowest BCUT2D eigenvalue weighted by Gasteiger charge is -2.19. The van der Waals surface area contributed by atoms with Gasteiger partial charge in [0, 0.05) is 6.54 Å². The topological polar surface area (TPSA) is 127 Å². The van der Waals surface area contributed by atoms with Crippen LogP contribution in [0.5, 0.6) is 0 Å². The number of nitrogens with one attached hydrogen (secondary N) is 1. The van der Waals surface area contributed by atoms with Crippen molar-refractivity contribution in [3.63, 3.8) is 0 Å². The zero-order chi connectivity index (χ0) is 20.6. The molecule has 0 fully saturated rings. The van der Waals surface area contributed by atoms with Gasteiger partial charge >= 0.3 is 15.2 Å².